The van der Waals surface area contributed by atoms with Crippen molar-refractivity contribution in [3.05, 3.63) is 0 Å². The van der Waals surface area contributed by atoms with Crippen LogP contribution in [0.15, 0.2) is 0 Å². The van der Waals surface area contributed by atoms with Crippen LogP contribution in [0.3, 0.4) is 0 Å². The van der Waals surface area contributed by atoms with Crippen molar-refractivity contribution in [2.45, 2.75) is 32.2 Å². The van der Waals surface area contributed by atoms with Gasteiger partial charge in [-0.3, -0.25) is 4.79 Å². The lowest BCUT2D eigenvalue weighted by Crippen LogP contribution is -2.43. The molecule has 3 heteroatoms. The average molecular weight is 220 g/mol. The lowest BCUT2D eigenvalue weighted by molar-refractivity contribution is -0.131. The molecule has 1 saturated heterocycles. The van der Waals surface area contributed by atoms with Gasteiger partial charge in [-0.2, -0.15) is 0 Å². The minimum atomic E-state index is 0.217. The zero-order chi connectivity index (χ0) is 8.27. The summed E-state index contributed by atoms with van der Waals surface area (Å²) in [5.74, 6) is 0.217. The van der Waals surface area contributed by atoms with Crippen LogP contribution in [0.1, 0.15) is 26.2 Å². The fraction of sp³-hybridized carbons (Fsp3) is 0.875. The van der Waals surface area contributed by atoms with Crippen molar-refractivity contribution >= 4 is 21.8 Å². The number of amides is 1. The van der Waals surface area contributed by atoms with E-state index >= 15 is 0 Å². The average Bonchev–Trinajstić information content (AvgIpc) is 2.04. The Hall–Kier alpha value is -0.0500. The van der Waals surface area contributed by atoms with E-state index < -0.39 is 0 Å². The Morgan fingerprint density at radius 2 is 2.36 bits per heavy atom. The highest BCUT2D eigenvalue weighted by molar-refractivity contribution is 9.09. The summed E-state index contributed by atoms with van der Waals surface area (Å²) in [4.78, 5) is 13.0. The zero-order valence-electron chi connectivity index (χ0n) is 6.85. The molecule has 0 bridgehead atoms. The first kappa shape index (κ1) is 9.04. The molecule has 1 amide bonds. The monoisotopic (exact) mass is 219 g/mol. The van der Waals surface area contributed by atoms with Gasteiger partial charge in [-0.1, -0.05) is 15.9 Å². The highest BCUT2D eigenvalue weighted by atomic mass is 79.9. The second kappa shape index (κ2) is 4.10. The molecular formula is C8H14BrNO. The standard InChI is InChI=1S/C8H14BrNO/c1-7(11)10-5-3-2-4-8(10)6-9/h8H,2-6H2,1H3. The summed E-state index contributed by atoms with van der Waals surface area (Å²) in [6.45, 7) is 2.60. The van der Waals surface area contributed by atoms with Crippen LogP contribution in [0.25, 0.3) is 0 Å². The van der Waals surface area contributed by atoms with Crippen LogP contribution >= 0.6 is 15.9 Å². The van der Waals surface area contributed by atoms with E-state index in [1.807, 2.05) is 4.90 Å². The molecule has 0 spiro atoms. The number of carbonyl (C=O) groups is 1. The number of alkyl halides is 1. The fourth-order valence-electron chi connectivity index (χ4n) is 1.58. The first-order chi connectivity index (χ1) is 5.25. The summed E-state index contributed by atoms with van der Waals surface area (Å²) < 4.78 is 0. The van der Waals surface area contributed by atoms with Crippen molar-refractivity contribution in [1.29, 1.82) is 0 Å². The Balaban J connectivity index is 2.51. The van der Waals surface area contributed by atoms with E-state index in [1.54, 1.807) is 6.92 Å². The summed E-state index contributed by atoms with van der Waals surface area (Å²) >= 11 is 3.43. The van der Waals surface area contributed by atoms with Gasteiger partial charge in [-0.25, -0.2) is 0 Å². The van der Waals surface area contributed by atoms with Gasteiger partial charge in [-0.15, -0.1) is 0 Å². The van der Waals surface area contributed by atoms with Gasteiger partial charge in [0, 0.05) is 24.8 Å². The molecule has 64 valence electrons. The van der Waals surface area contributed by atoms with E-state index in [0.717, 1.165) is 18.3 Å². The number of piperidine rings is 1. The summed E-state index contributed by atoms with van der Waals surface area (Å²) in [6, 6.07) is 0.446. The van der Waals surface area contributed by atoms with Crippen LogP contribution in [0.5, 0.6) is 0 Å². The Morgan fingerprint density at radius 1 is 1.64 bits per heavy atom. The summed E-state index contributed by atoms with van der Waals surface area (Å²) in [5, 5.41) is 0.923. The molecule has 0 aliphatic carbocycles. The predicted octanol–water partition coefficient (Wildman–Crippen LogP) is 1.78. The molecule has 2 nitrogen and oxygen atoms in total. The van der Waals surface area contributed by atoms with Gasteiger partial charge in [0.1, 0.15) is 0 Å². The molecule has 1 fully saturated rings. The summed E-state index contributed by atoms with van der Waals surface area (Å²) in [6.07, 6.45) is 3.59. The van der Waals surface area contributed by atoms with E-state index in [0.29, 0.717) is 6.04 Å². The van der Waals surface area contributed by atoms with Crippen molar-refractivity contribution in [2.75, 3.05) is 11.9 Å². The molecule has 0 N–H and O–H groups in total. The van der Waals surface area contributed by atoms with Crippen LogP contribution in [-0.2, 0) is 4.79 Å². The highest BCUT2D eigenvalue weighted by Crippen LogP contribution is 2.18. The van der Waals surface area contributed by atoms with Crippen LogP contribution in [0, 0.1) is 0 Å². The summed E-state index contributed by atoms with van der Waals surface area (Å²) in [7, 11) is 0. The van der Waals surface area contributed by atoms with E-state index in [4.69, 9.17) is 0 Å². The van der Waals surface area contributed by atoms with Gasteiger partial charge in [0.25, 0.3) is 0 Å². The minimum absolute atomic E-state index is 0.217. The van der Waals surface area contributed by atoms with Crippen molar-refractivity contribution < 1.29 is 4.79 Å². The Morgan fingerprint density at radius 3 is 2.82 bits per heavy atom. The quantitative estimate of drug-likeness (QED) is 0.617. The minimum Gasteiger partial charge on any atom is -0.339 e. The van der Waals surface area contributed by atoms with E-state index in [1.165, 1.54) is 12.8 Å². The van der Waals surface area contributed by atoms with Crippen LogP contribution < -0.4 is 0 Å². The van der Waals surface area contributed by atoms with E-state index in [9.17, 15) is 4.79 Å². The van der Waals surface area contributed by atoms with Gasteiger partial charge in [0.05, 0.1) is 0 Å². The van der Waals surface area contributed by atoms with Crippen LogP contribution in [-0.4, -0.2) is 28.7 Å². The van der Waals surface area contributed by atoms with E-state index in [2.05, 4.69) is 15.9 Å². The van der Waals surface area contributed by atoms with Gasteiger partial charge < -0.3 is 4.90 Å². The SMILES string of the molecule is CC(=O)N1CCCCC1CBr. The molecule has 0 aromatic carbocycles. The van der Waals surface area contributed by atoms with Crippen molar-refractivity contribution in [2.24, 2.45) is 0 Å². The third kappa shape index (κ3) is 2.19. The lowest BCUT2D eigenvalue weighted by atomic mass is 10.0. The second-order valence-corrected chi connectivity index (χ2v) is 3.66. The zero-order valence-corrected chi connectivity index (χ0v) is 8.43. The lowest BCUT2D eigenvalue weighted by Gasteiger charge is -2.33. The molecule has 11 heavy (non-hydrogen) atoms. The number of halogens is 1. The Labute approximate surface area is 76.1 Å². The second-order valence-electron chi connectivity index (χ2n) is 3.02. The first-order valence-corrected chi connectivity index (χ1v) is 5.21. The largest absolute Gasteiger partial charge is 0.339 e. The van der Waals surface area contributed by atoms with E-state index in [-0.39, 0.29) is 5.91 Å². The molecule has 0 radical (unpaired) electrons. The number of hydrogen-bond donors (Lipinski definition) is 0. The molecule has 1 aliphatic heterocycles. The third-order valence-electron chi connectivity index (χ3n) is 2.21. The van der Waals surface area contributed by atoms with Gasteiger partial charge in [0.2, 0.25) is 5.91 Å². The smallest absolute Gasteiger partial charge is 0.219 e. The Kier molecular flexibility index (Phi) is 3.37. The third-order valence-corrected chi connectivity index (χ3v) is 2.96. The first-order valence-electron chi connectivity index (χ1n) is 4.09. The molecule has 0 aromatic heterocycles. The van der Waals surface area contributed by atoms with Gasteiger partial charge in [-0.05, 0) is 19.3 Å². The molecule has 0 saturated carbocycles. The number of likely N-dealkylation sites (tertiary alicyclic amines) is 1. The number of nitrogens with zero attached hydrogens (tertiary/aromatic N) is 1. The number of carbonyl (C=O) groups excluding carboxylic acids is 1. The van der Waals surface area contributed by atoms with Crippen molar-refractivity contribution in [3.63, 3.8) is 0 Å². The molecule has 1 aliphatic rings. The molecule has 1 rings (SSSR count). The van der Waals surface area contributed by atoms with Gasteiger partial charge >= 0.3 is 0 Å². The molecule has 0 aromatic rings. The van der Waals surface area contributed by atoms with Crippen molar-refractivity contribution in [1.82, 2.24) is 4.90 Å². The maximum atomic E-state index is 11.1. The predicted molar refractivity (Wildman–Crippen MR) is 48.8 cm³/mol. The highest BCUT2D eigenvalue weighted by Gasteiger charge is 2.22. The molecular weight excluding hydrogens is 206 g/mol. The van der Waals surface area contributed by atoms with Crippen molar-refractivity contribution in [3.8, 4) is 0 Å². The number of rotatable bonds is 1. The molecule has 1 unspecified atom stereocenters. The van der Waals surface area contributed by atoms with Crippen LogP contribution in [0.4, 0.5) is 0 Å². The van der Waals surface area contributed by atoms with Crippen LogP contribution in [0.2, 0.25) is 0 Å². The molecule has 1 heterocycles. The summed E-state index contributed by atoms with van der Waals surface area (Å²) in [5.41, 5.74) is 0. The maximum Gasteiger partial charge on any atom is 0.219 e. The Bertz CT molecular complexity index is 149. The molecule has 1 atom stereocenters. The fourth-order valence-corrected chi connectivity index (χ4v) is 2.25. The normalized spacial score (nSPS) is 25.3. The van der Waals surface area contributed by atoms with Gasteiger partial charge in [0.15, 0.2) is 0 Å². The maximum absolute atomic E-state index is 11.1. The topological polar surface area (TPSA) is 20.3 Å². The number of hydrogen-bond acceptors (Lipinski definition) is 1.